The molecule has 9 heteroatoms. The molecule has 23 heavy (non-hydrogen) atoms. The van der Waals surface area contributed by atoms with Gasteiger partial charge in [-0.2, -0.15) is 0 Å². The molecule has 1 heterocycles. The fourth-order valence-corrected chi connectivity index (χ4v) is 2.39. The van der Waals surface area contributed by atoms with Crippen LogP contribution < -0.4 is 0 Å². The van der Waals surface area contributed by atoms with Gasteiger partial charge in [0.25, 0.3) is 0 Å². The third-order valence-corrected chi connectivity index (χ3v) is 3.68. The average molecular weight is 332 g/mol. The van der Waals surface area contributed by atoms with Gasteiger partial charge in [-0.05, 0) is 0 Å². The molecule has 0 spiro atoms. The van der Waals surface area contributed by atoms with Crippen molar-refractivity contribution in [3.05, 3.63) is 23.7 Å². The molecule has 0 amide bonds. The van der Waals surface area contributed by atoms with Gasteiger partial charge in [0.05, 0.1) is 20.8 Å². The molecule has 9 nitrogen and oxygen atoms in total. The summed E-state index contributed by atoms with van der Waals surface area (Å²) in [5, 5.41) is 38.7. The summed E-state index contributed by atoms with van der Waals surface area (Å²) < 4.78 is 21.0. The maximum absolute atomic E-state index is 11.5. The van der Waals surface area contributed by atoms with Crippen molar-refractivity contribution in [2.75, 3.05) is 20.8 Å². The number of rotatable bonds is 5. The Morgan fingerprint density at radius 1 is 1.04 bits per heavy atom. The fraction of sp³-hybridized carbons (Fsp3) is 0.643. The van der Waals surface area contributed by atoms with Crippen LogP contribution in [0.15, 0.2) is 23.7 Å². The first-order chi connectivity index (χ1) is 10.9. The van der Waals surface area contributed by atoms with E-state index in [2.05, 4.69) is 0 Å². The van der Waals surface area contributed by atoms with Gasteiger partial charge in [-0.3, -0.25) is 4.79 Å². The van der Waals surface area contributed by atoms with E-state index in [0.29, 0.717) is 0 Å². The summed E-state index contributed by atoms with van der Waals surface area (Å²) in [6.45, 7) is -0.575. The lowest BCUT2D eigenvalue weighted by Crippen LogP contribution is -2.59. The number of hydrogen-bond acceptors (Lipinski definition) is 9. The zero-order valence-electron chi connectivity index (χ0n) is 12.7. The quantitative estimate of drug-likeness (QED) is 0.443. The molecule has 1 aliphatic carbocycles. The summed E-state index contributed by atoms with van der Waals surface area (Å²) >= 11 is 0. The summed E-state index contributed by atoms with van der Waals surface area (Å²) in [5.41, 5.74) is 0. The number of carbonyl (C=O) groups is 1. The topological polar surface area (TPSA) is 135 Å². The van der Waals surface area contributed by atoms with E-state index >= 15 is 0 Å². The summed E-state index contributed by atoms with van der Waals surface area (Å²) in [6, 6.07) is 0. The van der Waals surface area contributed by atoms with Crippen molar-refractivity contribution < 1.29 is 44.2 Å². The number of aliphatic hydroxyl groups excluding tert-OH is 4. The third kappa shape index (κ3) is 3.55. The Morgan fingerprint density at radius 3 is 2.09 bits per heavy atom. The van der Waals surface area contributed by atoms with Crippen molar-refractivity contribution in [2.24, 2.45) is 0 Å². The number of allylic oxidation sites excluding steroid dienone is 2. The minimum Gasteiger partial charge on any atom is -0.498 e. The molecule has 1 fully saturated rings. The molecule has 0 aromatic rings. The third-order valence-electron chi connectivity index (χ3n) is 3.68. The Bertz CT molecular complexity index is 474. The minimum absolute atomic E-state index is 0.131. The molecule has 0 saturated carbocycles. The van der Waals surface area contributed by atoms with E-state index in [1.165, 1.54) is 26.4 Å². The summed E-state index contributed by atoms with van der Waals surface area (Å²) in [5.74, 6) is -0.0926. The molecule has 2 aliphatic rings. The van der Waals surface area contributed by atoms with E-state index < -0.39 is 43.4 Å². The predicted octanol–water partition coefficient (Wildman–Crippen LogP) is -2.19. The maximum Gasteiger partial charge on any atom is 0.188 e. The normalized spacial score (nSPS) is 35.6. The van der Waals surface area contributed by atoms with Gasteiger partial charge in [0.15, 0.2) is 18.2 Å². The van der Waals surface area contributed by atoms with E-state index in [4.69, 9.17) is 18.9 Å². The SMILES string of the molecule is COC1=CC(=O)C=C(OC)C1O[C@H]1O[C@@H](CO)[C@H](O)[C@@H](O)[C@@H]1O. The first-order valence-corrected chi connectivity index (χ1v) is 6.94. The Morgan fingerprint density at radius 2 is 1.61 bits per heavy atom. The van der Waals surface area contributed by atoms with Crippen LogP contribution in [0.3, 0.4) is 0 Å². The Balaban J connectivity index is 2.20. The van der Waals surface area contributed by atoms with Crippen molar-refractivity contribution in [3.63, 3.8) is 0 Å². The Labute approximate surface area is 132 Å². The van der Waals surface area contributed by atoms with Crippen LogP contribution >= 0.6 is 0 Å². The lowest BCUT2D eigenvalue weighted by molar-refractivity contribution is -0.309. The molecular weight excluding hydrogens is 312 g/mol. The monoisotopic (exact) mass is 332 g/mol. The van der Waals surface area contributed by atoms with Crippen molar-refractivity contribution >= 4 is 5.78 Å². The minimum atomic E-state index is -1.57. The standard InChI is InChI=1S/C14H20O9/c1-20-7-3-6(16)4-8(21-2)13(7)23-14-12(19)11(18)10(17)9(5-15)22-14/h3-4,9-15,17-19H,5H2,1-2H3/t9-,10-,11+,12-,14+/m0/s1. The van der Waals surface area contributed by atoms with Crippen LogP contribution in [-0.2, 0) is 23.7 Å². The van der Waals surface area contributed by atoms with Crippen LogP contribution in [-0.4, -0.2) is 83.8 Å². The van der Waals surface area contributed by atoms with Gasteiger partial charge in [-0.1, -0.05) is 0 Å². The van der Waals surface area contributed by atoms with Crippen molar-refractivity contribution in [3.8, 4) is 0 Å². The molecule has 5 atom stereocenters. The van der Waals surface area contributed by atoms with Crippen molar-refractivity contribution in [1.29, 1.82) is 0 Å². The van der Waals surface area contributed by atoms with E-state index in [1.54, 1.807) is 0 Å². The molecule has 4 N–H and O–H groups in total. The van der Waals surface area contributed by atoms with Gasteiger partial charge in [-0.25, -0.2) is 0 Å². The lowest BCUT2D eigenvalue weighted by Gasteiger charge is -2.41. The van der Waals surface area contributed by atoms with Crippen LogP contribution in [0.5, 0.6) is 0 Å². The molecule has 130 valence electrons. The first kappa shape index (κ1) is 17.9. The van der Waals surface area contributed by atoms with E-state index in [0.717, 1.165) is 0 Å². The number of hydrogen-bond donors (Lipinski definition) is 4. The molecule has 0 radical (unpaired) electrons. The molecule has 1 aliphatic heterocycles. The van der Waals surface area contributed by atoms with Crippen LogP contribution in [0.1, 0.15) is 0 Å². The number of ketones is 1. The average Bonchev–Trinajstić information content (AvgIpc) is 2.55. The first-order valence-electron chi connectivity index (χ1n) is 6.94. The highest BCUT2D eigenvalue weighted by Gasteiger charge is 2.46. The largest absolute Gasteiger partial charge is 0.498 e. The van der Waals surface area contributed by atoms with Crippen LogP contribution in [0, 0.1) is 0 Å². The van der Waals surface area contributed by atoms with E-state index in [-0.39, 0.29) is 17.3 Å². The highest BCUT2D eigenvalue weighted by molar-refractivity contribution is 6.01. The van der Waals surface area contributed by atoms with Crippen molar-refractivity contribution in [2.45, 2.75) is 36.8 Å². The summed E-state index contributed by atoms with van der Waals surface area (Å²) in [7, 11) is 2.67. The number of ether oxygens (including phenoxy) is 4. The van der Waals surface area contributed by atoms with Crippen LogP contribution in [0.25, 0.3) is 0 Å². The fourth-order valence-electron chi connectivity index (χ4n) is 2.39. The van der Waals surface area contributed by atoms with Crippen LogP contribution in [0.4, 0.5) is 0 Å². The smallest absolute Gasteiger partial charge is 0.188 e. The molecular formula is C14H20O9. The molecule has 1 saturated heterocycles. The van der Waals surface area contributed by atoms with Gasteiger partial charge in [-0.15, -0.1) is 0 Å². The lowest BCUT2D eigenvalue weighted by atomic mass is 9.99. The molecule has 0 aromatic carbocycles. The predicted molar refractivity (Wildman–Crippen MR) is 73.8 cm³/mol. The van der Waals surface area contributed by atoms with Crippen molar-refractivity contribution in [1.82, 2.24) is 0 Å². The highest BCUT2D eigenvalue weighted by Crippen LogP contribution is 2.28. The molecule has 0 unspecified atom stereocenters. The van der Waals surface area contributed by atoms with E-state index in [1.807, 2.05) is 0 Å². The van der Waals surface area contributed by atoms with Gasteiger partial charge >= 0.3 is 0 Å². The van der Waals surface area contributed by atoms with E-state index in [9.17, 15) is 25.2 Å². The zero-order valence-corrected chi connectivity index (χ0v) is 12.7. The van der Waals surface area contributed by atoms with Gasteiger partial charge in [0.1, 0.15) is 35.9 Å². The van der Waals surface area contributed by atoms with Gasteiger partial charge in [0.2, 0.25) is 0 Å². The summed E-state index contributed by atoms with van der Waals surface area (Å²) in [6.07, 6.45) is -5.70. The second-order valence-corrected chi connectivity index (χ2v) is 5.12. The second kappa shape index (κ2) is 7.39. The van der Waals surface area contributed by atoms with Crippen LogP contribution in [0.2, 0.25) is 0 Å². The van der Waals surface area contributed by atoms with Gasteiger partial charge < -0.3 is 39.4 Å². The molecule has 0 aromatic heterocycles. The molecule has 2 rings (SSSR count). The van der Waals surface area contributed by atoms with Gasteiger partial charge in [0, 0.05) is 12.2 Å². The number of aliphatic hydroxyl groups is 4. The summed E-state index contributed by atoms with van der Waals surface area (Å²) in [4.78, 5) is 11.5. The highest BCUT2D eigenvalue weighted by atomic mass is 16.7. The Kier molecular flexibility index (Phi) is 5.74. The maximum atomic E-state index is 11.5. The Hall–Kier alpha value is -1.49. The number of methoxy groups -OCH3 is 2. The molecule has 0 bridgehead atoms. The zero-order chi connectivity index (χ0) is 17.1. The number of carbonyl (C=O) groups excluding carboxylic acids is 1. The second-order valence-electron chi connectivity index (χ2n) is 5.12.